The van der Waals surface area contributed by atoms with E-state index in [1.54, 1.807) is 13.0 Å². The van der Waals surface area contributed by atoms with E-state index < -0.39 is 0 Å². The van der Waals surface area contributed by atoms with E-state index >= 15 is 0 Å². The molecule has 0 heterocycles. The second kappa shape index (κ2) is 6.35. The maximum atomic E-state index is 13.2. The molecule has 0 aliphatic carbocycles. The van der Waals surface area contributed by atoms with Crippen molar-refractivity contribution in [1.82, 2.24) is 0 Å². The fourth-order valence-corrected chi connectivity index (χ4v) is 1.42. The molecule has 1 amide bonds. The minimum absolute atomic E-state index is 0.148. The lowest BCUT2D eigenvalue weighted by atomic mass is 10.1. The Hall–Kier alpha value is -1.62. The normalized spacial score (nSPS) is 12.3. The molecule has 0 aromatic heterocycles. The third-order valence-electron chi connectivity index (χ3n) is 2.48. The topological polar surface area (TPSA) is 67.1 Å². The standard InChI is InChI=1S/C13H20FN3O/c1-8(2)16-12-6-10(14)4-5-11(12)17-13(18)9(3)7-15/h4-6,8-9,16H,7,15H2,1-3H3,(H,17,18). The Morgan fingerprint density at radius 1 is 1.33 bits per heavy atom. The van der Waals surface area contributed by atoms with Gasteiger partial charge < -0.3 is 16.4 Å². The van der Waals surface area contributed by atoms with Crippen LogP contribution in [0, 0.1) is 11.7 Å². The molecule has 0 saturated heterocycles. The highest BCUT2D eigenvalue weighted by Gasteiger charge is 2.13. The zero-order valence-corrected chi connectivity index (χ0v) is 11.0. The number of anilines is 2. The summed E-state index contributed by atoms with van der Waals surface area (Å²) in [6.07, 6.45) is 0. The number of nitrogens with one attached hydrogen (secondary N) is 2. The Labute approximate surface area is 107 Å². The van der Waals surface area contributed by atoms with Crippen LogP contribution in [0.25, 0.3) is 0 Å². The SMILES string of the molecule is CC(C)Nc1cc(F)ccc1NC(=O)C(C)CN. The smallest absolute Gasteiger partial charge is 0.228 e. The number of benzene rings is 1. The van der Waals surface area contributed by atoms with Crippen LogP contribution in [0.3, 0.4) is 0 Å². The summed E-state index contributed by atoms with van der Waals surface area (Å²) < 4.78 is 13.2. The van der Waals surface area contributed by atoms with Gasteiger partial charge in [-0.3, -0.25) is 4.79 Å². The second-order valence-corrected chi connectivity index (χ2v) is 4.61. The van der Waals surface area contributed by atoms with E-state index in [9.17, 15) is 9.18 Å². The Kier molecular flexibility index (Phi) is 5.09. The summed E-state index contributed by atoms with van der Waals surface area (Å²) in [5, 5.41) is 5.84. The van der Waals surface area contributed by atoms with Gasteiger partial charge in [0.25, 0.3) is 0 Å². The zero-order valence-electron chi connectivity index (χ0n) is 11.0. The molecule has 0 saturated carbocycles. The average Bonchev–Trinajstić information content (AvgIpc) is 2.30. The van der Waals surface area contributed by atoms with Crippen molar-refractivity contribution in [1.29, 1.82) is 0 Å². The highest BCUT2D eigenvalue weighted by Crippen LogP contribution is 2.24. The van der Waals surface area contributed by atoms with Crippen LogP contribution in [0.5, 0.6) is 0 Å². The minimum atomic E-state index is -0.344. The molecule has 1 aromatic carbocycles. The van der Waals surface area contributed by atoms with Crippen molar-refractivity contribution in [3.05, 3.63) is 24.0 Å². The van der Waals surface area contributed by atoms with Crippen molar-refractivity contribution >= 4 is 17.3 Å². The minimum Gasteiger partial charge on any atom is -0.381 e. The van der Waals surface area contributed by atoms with E-state index in [1.807, 2.05) is 13.8 Å². The zero-order chi connectivity index (χ0) is 13.7. The van der Waals surface area contributed by atoms with Crippen LogP contribution >= 0.6 is 0 Å². The number of amides is 1. The molecule has 18 heavy (non-hydrogen) atoms. The highest BCUT2D eigenvalue weighted by atomic mass is 19.1. The van der Waals surface area contributed by atoms with E-state index in [2.05, 4.69) is 10.6 Å². The van der Waals surface area contributed by atoms with Crippen LogP contribution in [0.15, 0.2) is 18.2 Å². The first kappa shape index (κ1) is 14.4. The Bertz CT molecular complexity index is 421. The third-order valence-corrected chi connectivity index (χ3v) is 2.48. The first-order valence-electron chi connectivity index (χ1n) is 6.01. The first-order valence-corrected chi connectivity index (χ1v) is 6.01. The van der Waals surface area contributed by atoms with Crippen molar-refractivity contribution in [3.63, 3.8) is 0 Å². The number of nitrogens with two attached hydrogens (primary N) is 1. The highest BCUT2D eigenvalue weighted by molar-refractivity contribution is 5.95. The second-order valence-electron chi connectivity index (χ2n) is 4.61. The van der Waals surface area contributed by atoms with Crippen LogP contribution in [0.2, 0.25) is 0 Å². The summed E-state index contributed by atoms with van der Waals surface area (Å²) in [5.74, 6) is -0.791. The number of carbonyl (C=O) groups is 1. The average molecular weight is 253 g/mol. The number of halogens is 1. The Balaban J connectivity index is 2.90. The fourth-order valence-electron chi connectivity index (χ4n) is 1.42. The lowest BCUT2D eigenvalue weighted by molar-refractivity contribution is -0.119. The summed E-state index contributed by atoms with van der Waals surface area (Å²) in [4.78, 5) is 11.8. The molecule has 4 N–H and O–H groups in total. The molecule has 0 radical (unpaired) electrons. The molecule has 0 bridgehead atoms. The summed E-state index contributed by atoms with van der Waals surface area (Å²) in [6, 6.07) is 4.37. The van der Waals surface area contributed by atoms with Crippen LogP contribution in [-0.2, 0) is 4.79 Å². The van der Waals surface area contributed by atoms with Crippen molar-refractivity contribution in [2.75, 3.05) is 17.2 Å². The molecule has 0 aliphatic rings. The quantitative estimate of drug-likeness (QED) is 0.753. The van der Waals surface area contributed by atoms with Crippen molar-refractivity contribution in [2.24, 2.45) is 11.7 Å². The summed E-state index contributed by atoms with van der Waals surface area (Å²) >= 11 is 0. The van der Waals surface area contributed by atoms with Crippen molar-refractivity contribution < 1.29 is 9.18 Å². The number of rotatable bonds is 5. The van der Waals surface area contributed by atoms with Gasteiger partial charge in [0.05, 0.1) is 11.4 Å². The predicted octanol–water partition coefficient (Wildman–Crippen LogP) is 2.18. The molecule has 4 nitrogen and oxygen atoms in total. The maximum Gasteiger partial charge on any atom is 0.228 e. The van der Waals surface area contributed by atoms with Gasteiger partial charge >= 0.3 is 0 Å². The Morgan fingerprint density at radius 2 is 2.00 bits per heavy atom. The first-order chi connectivity index (χ1) is 8.43. The van der Waals surface area contributed by atoms with Crippen LogP contribution < -0.4 is 16.4 Å². The van der Waals surface area contributed by atoms with Gasteiger partial charge in [-0.05, 0) is 32.0 Å². The molecule has 0 spiro atoms. The van der Waals surface area contributed by atoms with Crippen LogP contribution in [0.1, 0.15) is 20.8 Å². The summed E-state index contributed by atoms with van der Waals surface area (Å²) in [5.41, 5.74) is 6.57. The van der Waals surface area contributed by atoms with Crippen LogP contribution in [-0.4, -0.2) is 18.5 Å². The molecule has 1 atom stereocenters. The molecular weight excluding hydrogens is 233 g/mol. The lowest BCUT2D eigenvalue weighted by Crippen LogP contribution is -2.27. The van der Waals surface area contributed by atoms with E-state index in [4.69, 9.17) is 5.73 Å². The van der Waals surface area contributed by atoms with E-state index in [-0.39, 0.29) is 30.2 Å². The van der Waals surface area contributed by atoms with Crippen LogP contribution in [0.4, 0.5) is 15.8 Å². The van der Waals surface area contributed by atoms with Gasteiger partial charge in [-0.15, -0.1) is 0 Å². The molecule has 0 fully saturated rings. The van der Waals surface area contributed by atoms with E-state index in [0.29, 0.717) is 11.4 Å². The van der Waals surface area contributed by atoms with Gasteiger partial charge in [0.1, 0.15) is 5.82 Å². The van der Waals surface area contributed by atoms with Gasteiger partial charge in [0.2, 0.25) is 5.91 Å². The van der Waals surface area contributed by atoms with E-state index in [1.165, 1.54) is 12.1 Å². The molecule has 5 heteroatoms. The van der Waals surface area contributed by atoms with Gasteiger partial charge in [-0.1, -0.05) is 6.92 Å². The monoisotopic (exact) mass is 253 g/mol. The number of hydrogen-bond donors (Lipinski definition) is 3. The predicted molar refractivity (Wildman–Crippen MR) is 72.0 cm³/mol. The molecular formula is C13H20FN3O. The Morgan fingerprint density at radius 3 is 2.56 bits per heavy atom. The fraction of sp³-hybridized carbons (Fsp3) is 0.462. The van der Waals surface area contributed by atoms with Gasteiger partial charge in [0, 0.05) is 18.5 Å². The summed E-state index contributed by atoms with van der Waals surface area (Å²) in [7, 11) is 0. The van der Waals surface area contributed by atoms with Gasteiger partial charge in [-0.25, -0.2) is 4.39 Å². The molecule has 0 aliphatic heterocycles. The largest absolute Gasteiger partial charge is 0.381 e. The molecule has 1 aromatic rings. The number of carbonyl (C=O) groups excluding carboxylic acids is 1. The van der Waals surface area contributed by atoms with Gasteiger partial charge in [0.15, 0.2) is 0 Å². The molecule has 100 valence electrons. The van der Waals surface area contributed by atoms with E-state index in [0.717, 1.165) is 0 Å². The molecule has 1 unspecified atom stereocenters. The summed E-state index contributed by atoms with van der Waals surface area (Å²) in [6.45, 7) is 5.91. The third kappa shape index (κ3) is 4.00. The van der Waals surface area contributed by atoms with Crippen molar-refractivity contribution in [2.45, 2.75) is 26.8 Å². The molecule has 1 rings (SSSR count). The van der Waals surface area contributed by atoms with Gasteiger partial charge in [-0.2, -0.15) is 0 Å². The number of hydrogen-bond acceptors (Lipinski definition) is 3. The maximum absolute atomic E-state index is 13.2. The lowest BCUT2D eigenvalue weighted by Gasteiger charge is -2.17. The van der Waals surface area contributed by atoms with Crippen molar-refractivity contribution in [3.8, 4) is 0 Å².